The summed E-state index contributed by atoms with van der Waals surface area (Å²) >= 11 is 0. The van der Waals surface area contributed by atoms with E-state index < -0.39 is 0 Å². The smallest absolute Gasteiger partial charge is 0.158 e. The highest BCUT2D eigenvalue weighted by Gasteiger charge is 2.13. The normalized spacial score (nSPS) is 22.2. The molecule has 14 heavy (non-hydrogen) atoms. The van der Waals surface area contributed by atoms with Gasteiger partial charge in [0, 0.05) is 19.1 Å². The summed E-state index contributed by atoms with van der Waals surface area (Å²) in [7, 11) is 0. The van der Waals surface area contributed by atoms with Crippen LogP contribution in [0.4, 0.5) is 0 Å². The number of carbonyl (C=O) groups excluding carboxylic acids is 1. The van der Waals surface area contributed by atoms with Crippen molar-refractivity contribution in [2.24, 2.45) is 0 Å². The van der Waals surface area contributed by atoms with E-state index in [2.05, 4.69) is 5.32 Å². The molecule has 1 N–H and O–H groups in total. The number of hydrogen-bond acceptors (Lipinski definition) is 3. The molecular formula is C11H21NO2. The second kappa shape index (κ2) is 6.96. The number of piperidine rings is 1. The topological polar surface area (TPSA) is 38.3 Å². The number of nitrogens with one attached hydrogen (secondary N) is 1. The van der Waals surface area contributed by atoms with Gasteiger partial charge in [-0.1, -0.05) is 6.42 Å². The molecule has 1 aliphatic heterocycles. The van der Waals surface area contributed by atoms with Crippen LogP contribution in [0, 0.1) is 0 Å². The Morgan fingerprint density at radius 1 is 1.50 bits per heavy atom. The summed E-state index contributed by atoms with van der Waals surface area (Å²) in [5, 5.41) is 3.44. The van der Waals surface area contributed by atoms with E-state index in [-0.39, 0.29) is 5.78 Å². The van der Waals surface area contributed by atoms with Crippen LogP contribution < -0.4 is 5.32 Å². The van der Waals surface area contributed by atoms with Crippen LogP contribution in [0.5, 0.6) is 0 Å². The predicted octanol–water partition coefficient (Wildman–Crippen LogP) is 1.51. The first kappa shape index (κ1) is 11.7. The van der Waals surface area contributed by atoms with Crippen molar-refractivity contribution in [1.29, 1.82) is 0 Å². The lowest BCUT2D eigenvalue weighted by atomic mass is 9.99. The fourth-order valence-electron chi connectivity index (χ4n) is 1.79. The van der Waals surface area contributed by atoms with Crippen LogP contribution in [0.25, 0.3) is 0 Å². The summed E-state index contributed by atoms with van der Waals surface area (Å²) < 4.78 is 5.07. The van der Waals surface area contributed by atoms with E-state index in [1.165, 1.54) is 19.3 Å². The molecule has 3 heteroatoms. The zero-order valence-electron chi connectivity index (χ0n) is 9.05. The third-order valence-corrected chi connectivity index (χ3v) is 2.65. The number of ketones is 1. The molecule has 1 heterocycles. The average Bonchev–Trinajstić information content (AvgIpc) is 2.25. The second-order valence-corrected chi connectivity index (χ2v) is 3.86. The molecule has 0 aromatic carbocycles. The van der Waals surface area contributed by atoms with Crippen LogP contribution in [0.15, 0.2) is 0 Å². The summed E-state index contributed by atoms with van der Waals surface area (Å²) in [6.45, 7) is 3.96. The van der Waals surface area contributed by atoms with Gasteiger partial charge in [0.2, 0.25) is 0 Å². The van der Waals surface area contributed by atoms with Crippen LogP contribution in [-0.4, -0.2) is 31.6 Å². The molecule has 82 valence electrons. The van der Waals surface area contributed by atoms with E-state index in [1.54, 1.807) is 0 Å². The summed E-state index contributed by atoms with van der Waals surface area (Å²) in [6, 6.07) is 0.564. The molecule has 0 aliphatic carbocycles. The van der Waals surface area contributed by atoms with Gasteiger partial charge < -0.3 is 10.1 Å². The van der Waals surface area contributed by atoms with Crippen LogP contribution in [0.3, 0.4) is 0 Å². The summed E-state index contributed by atoms with van der Waals surface area (Å²) in [5.74, 6) is 0.235. The number of hydrogen-bond donors (Lipinski definition) is 1. The van der Waals surface area contributed by atoms with Crippen molar-refractivity contribution >= 4 is 5.78 Å². The number of carbonyl (C=O) groups is 1. The van der Waals surface area contributed by atoms with Gasteiger partial charge in [-0.2, -0.15) is 0 Å². The number of rotatable bonds is 6. The largest absolute Gasteiger partial charge is 0.374 e. The van der Waals surface area contributed by atoms with Gasteiger partial charge in [-0.15, -0.1) is 0 Å². The highest BCUT2D eigenvalue weighted by molar-refractivity contribution is 5.79. The van der Waals surface area contributed by atoms with E-state index in [0.29, 0.717) is 25.7 Å². The minimum Gasteiger partial charge on any atom is -0.374 e. The van der Waals surface area contributed by atoms with Gasteiger partial charge in [0.05, 0.1) is 0 Å². The molecule has 1 unspecified atom stereocenters. The third kappa shape index (κ3) is 4.72. The minimum absolute atomic E-state index is 0.235. The SMILES string of the molecule is CCOCC(=O)CCC1CCCCN1. The maximum atomic E-state index is 11.3. The standard InChI is InChI=1S/C11H21NO2/c1-2-14-9-11(13)7-6-10-5-3-4-8-12-10/h10,12H,2-9H2,1H3. The Balaban J connectivity index is 2.03. The lowest BCUT2D eigenvalue weighted by molar-refractivity contribution is -0.123. The molecule has 0 aromatic heterocycles. The molecule has 0 bridgehead atoms. The lowest BCUT2D eigenvalue weighted by Crippen LogP contribution is -2.34. The Hall–Kier alpha value is -0.410. The van der Waals surface area contributed by atoms with Gasteiger partial charge in [0.15, 0.2) is 5.78 Å². The van der Waals surface area contributed by atoms with Crippen LogP contribution >= 0.6 is 0 Å². The maximum Gasteiger partial charge on any atom is 0.158 e. The second-order valence-electron chi connectivity index (χ2n) is 3.86. The Kier molecular flexibility index (Phi) is 5.80. The van der Waals surface area contributed by atoms with Crippen molar-refractivity contribution in [2.45, 2.75) is 45.1 Å². The van der Waals surface area contributed by atoms with Gasteiger partial charge in [-0.25, -0.2) is 0 Å². The van der Waals surface area contributed by atoms with Gasteiger partial charge in [0.25, 0.3) is 0 Å². The first-order valence-corrected chi connectivity index (χ1v) is 5.65. The zero-order valence-corrected chi connectivity index (χ0v) is 9.05. The molecule has 0 radical (unpaired) electrons. The van der Waals surface area contributed by atoms with Gasteiger partial charge >= 0.3 is 0 Å². The van der Waals surface area contributed by atoms with E-state index in [4.69, 9.17) is 4.74 Å². The highest BCUT2D eigenvalue weighted by atomic mass is 16.5. The Morgan fingerprint density at radius 2 is 2.36 bits per heavy atom. The van der Waals surface area contributed by atoms with Gasteiger partial charge in [0.1, 0.15) is 6.61 Å². The summed E-state index contributed by atoms with van der Waals surface area (Å²) in [5.41, 5.74) is 0. The molecule has 1 saturated heterocycles. The predicted molar refractivity (Wildman–Crippen MR) is 56.4 cm³/mol. The first-order valence-electron chi connectivity index (χ1n) is 5.65. The highest BCUT2D eigenvalue weighted by Crippen LogP contribution is 2.11. The Bertz CT molecular complexity index is 165. The monoisotopic (exact) mass is 199 g/mol. The van der Waals surface area contributed by atoms with Crippen LogP contribution in [0.1, 0.15) is 39.0 Å². The number of ether oxygens (including phenoxy) is 1. The van der Waals surface area contributed by atoms with E-state index in [0.717, 1.165) is 13.0 Å². The van der Waals surface area contributed by atoms with E-state index >= 15 is 0 Å². The Labute approximate surface area is 86.2 Å². The van der Waals surface area contributed by atoms with Crippen molar-refractivity contribution in [2.75, 3.05) is 19.8 Å². The van der Waals surface area contributed by atoms with Crippen molar-refractivity contribution in [3.63, 3.8) is 0 Å². The molecule has 0 amide bonds. The molecule has 0 spiro atoms. The van der Waals surface area contributed by atoms with Crippen LogP contribution in [-0.2, 0) is 9.53 Å². The fourth-order valence-corrected chi connectivity index (χ4v) is 1.79. The minimum atomic E-state index is 0.235. The summed E-state index contributed by atoms with van der Waals surface area (Å²) in [4.78, 5) is 11.3. The number of Topliss-reactive ketones (excluding diaryl/α,β-unsaturated/α-hetero) is 1. The first-order chi connectivity index (χ1) is 6.83. The zero-order chi connectivity index (χ0) is 10.2. The van der Waals surface area contributed by atoms with E-state index in [1.807, 2.05) is 6.92 Å². The molecule has 1 atom stereocenters. The average molecular weight is 199 g/mol. The molecular weight excluding hydrogens is 178 g/mol. The van der Waals surface area contributed by atoms with Crippen molar-refractivity contribution in [3.8, 4) is 0 Å². The quantitative estimate of drug-likeness (QED) is 0.704. The van der Waals surface area contributed by atoms with E-state index in [9.17, 15) is 4.79 Å². The van der Waals surface area contributed by atoms with Crippen molar-refractivity contribution in [3.05, 3.63) is 0 Å². The molecule has 1 rings (SSSR count). The van der Waals surface area contributed by atoms with Crippen molar-refractivity contribution < 1.29 is 9.53 Å². The van der Waals surface area contributed by atoms with Gasteiger partial charge in [-0.05, 0) is 32.7 Å². The molecule has 0 aromatic rings. The lowest BCUT2D eigenvalue weighted by Gasteiger charge is -2.22. The summed E-state index contributed by atoms with van der Waals surface area (Å²) in [6.07, 6.45) is 5.45. The Morgan fingerprint density at radius 3 is 3.00 bits per heavy atom. The van der Waals surface area contributed by atoms with Crippen molar-refractivity contribution in [1.82, 2.24) is 5.32 Å². The molecule has 3 nitrogen and oxygen atoms in total. The fraction of sp³-hybridized carbons (Fsp3) is 0.909. The molecule has 0 saturated carbocycles. The maximum absolute atomic E-state index is 11.3. The molecule has 1 fully saturated rings. The van der Waals surface area contributed by atoms with Gasteiger partial charge in [-0.3, -0.25) is 4.79 Å². The molecule has 1 aliphatic rings. The third-order valence-electron chi connectivity index (χ3n) is 2.65. The van der Waals surface area contributed by atoms with Crippen LogP contribution in [0.2, 0.25) is 0 Å².